The van der Waals surface area contributed by atoms with Crippen molar-refractivity contribution in [2.45, 2.75) is 77.0 Å². The van der Waals surface area contributed by atoms with Crippen LogP contribution in [0.5, 0.6) is 0 Å². The van der Waals surface area contributed by atoms with E-state index < -0.39 is 0 Å². The molecule has 4 heteroatoms. The molecule has 0 bridgehead atoms. The SMILES string of the molecule is CC1(C)c2ccccc2N2c3ccccc3C(C)(C)c3cc(-c4ccc5oc6ccc(-c7ccc8oc9ccc(-c%10cc%11c%12c(c%10)C(C)(C)c%10ccccc%10N%12c%10ccccc%10C%11(C)C)cc9c8c7)cc6c5c4)cc1c32. The Kier molecular flexibility index (Phi) is 8.42. The number of nitrogens with zero attached hydrogens (tertiary/aromatic N) is 2. The molecular weight excluding hydrogens is 925 g/mol. The number of hydrogen-bond donors (Lipinski definition) is 0. The number of fused-ring (bicyclic) bond motifs is 14. The van der Waals surface area contributed by atoms with Crippen LogP contribution >= 0.6 is 0 Å². The van der Waals surface area contributed by atoms with Crippen molar-refractivity contribution >= 4 is 78.0 Å². The monoisotopic (exact) mass is 980 g/mol. The molecule has 6 heterocycles. The van der Waals surface area contributed by atoms with Crippen molar-refractivity contribution < 1.29 is 8.83 Å². The van der Waals surface area contributed by atoms with E-state index in [0.717, 1.165) is 55.0 Å². The Balaban J connectivity index is 0.810. The highest BCUT2D eigenvalue weighted by molar-refractivity contribution is 6.10. The van der Waals surface area contributed by atoms with Gasteiger partial charge in [0.1, 0.15) is 22.3 Å². The van der Waals surface area contributed by atoms with Gasteiger partial charge >= 0.3 is 0 Å². The zero-order chi connectivity index (χ0) is 51.4. The van der Waals surface area contributed by atoms with E-state index in [-0.39, 0.29) is 21.7 Å². The molecule has 4 nitrogen and oxygen atoms in total. The third-order valence-corrected chi connectivity index (χ3v) is 18.6. The predicted molar refractivity (Wildman–Crippen MR) is 315 cm³/mol. The van der Waals surface area contributed by atoms with Gasteiger partial charge in [-0.25, -0.2) is 0 Å². The van der Waals surface area contributed by atoms with E-state index in [4.69, 9.17) is 8.83 Å². The van der Waals surface area contributed by atoms with Crippen LogP contribution in [0.3, 0.4) is 0 Å². The molecule has 0 saturated heterocycles. The number of furan rings is 2. The minimum atomic E-state index is -0.214. The predicted octanol–water partition coefficient (Wildman–Crippen LogP) is 20.0. The topological polar surface area (TPSA) is 32.8 Å². The summed E-state index contributed by atoms with van der Waals surface area (Å²) in [5.41, 5.74) is 28.2. The van der Waals surface area contributed by atoms with Gasteiger partial charge in [-0.1, -0.05) is 152 Å². The van der Waals surface area contributed by atoms with E-state index in [1.165, 1.54) is 101 Å². The first-order chi connectivity index (χ1) is 36.7. The first-order valence-corrected chi connectivity index (χ1v) is 27.0. The van der Waals surface area contributed by atoms with E-state index in [9.17, 15) is 0 Å². The fourth-order valence-electron chi connectivity index (χ4n) is 14.4. The minimum absolute atomic E-state index is 0.214. The van der Waals surface area contributed by atoms with Crippen LogP contribution in [0, 0.1) is 0 Å². The molecule has 0 N–H and O–H groups in total. The molecule has 0 atom stereocenters. The molecule has 0 fully saturated rings. The minimum Gasteiger partial charge on any atom is -0.456 e. The molecule has 4 aliphatic heterocycles. The summed E-state index contributed by atoms with van der Waals surface area (Å²) in [5, 5.41) is 4.44. The maximum atomic E-state index is 6.60. The molecule has 0 amide bonds. The van der Waals surface area contributed by atoms with Gasteiger partial charge in [-0.05, 0) is 175 Å². The van der Waals surface area contributed by atoms with Crippen LogP contribution in [0.2, 0.25) is 0 Å². The largest absolute Gasteiger partial charge is 0.456 e. The quantitative estimate of drug-likeness (QED) is 0.177. The van der Waals surface area contributed by atoms with Gasteiger partial charge in [-0.15, -0.1) is 0 Å². The van der Waals surface area contributed by atoms with Crippen molar-refractivity contribution in [3.8, 4) is 33.4 Å². The number of benzene rings is 10. The number of anilines is 6. The van der Waals surface area contributed by atoms with Gasteiger partial charge in [-0.3, -0.25) is 0 Å². The summed E-state index contributed by atoms with van der Waals surface area (Å²) >= 11 is 0. The highest BCUT2D eigenvalue weighted by atomic mass is 16.3. The lowest BCUT2D eigenvalue weighted by molar-refractivity contribution is 0.597. The molecule has 10 aromatic carbocycles. The Morgan fingerprint density at radius 1 is 0.250 bits per heavy atom. The maximum absolute atomic E-state index is 6.60. The molecule has 0 saturated carbocycles. The maximum Gasteiger partial charge on any atom is 0.135 e. The van der Waals surface area contributed by atoms with Gasteiger partial charge in [-0.2, -0.15) is 0 Å². The Morgan fingerprint density at radius 2 is 0.487 bits per heavy atom. The molecule has 366 valence electrons. The molecule has 2 aromatic heterocycles. The highest BCUT2D eigenvalue weighted by Crippen LogP contribution is 2.63. The standard InChI is InChI=1S/C72H56N2O2/c1-69(2)51-17-9-13-21-59(51)73-60-22-14-10-18-52(60)70(3,4)56-38-45(37-55(69)67(56)73)43-27-31-65-49(35-43)47-33-41(25-29-63(47)75-65)42-26-30-64-48(34-42)50-36-44(28-32-66(50)76-64)46-39-57-68-58(40-46)72(7,8)54-20-12-16-24-62(54)74(68)61-23-15-11-19-53(61)71(57,5)6/h9-40H,1-8H3. The number of hydrogen-bond acceptors (Lipinski definition) is 4. The zero-order valence-corrected chi connectivity index (χ0v) is 44.2. The van der Waals surface area contributed by atoms with E-state index in [2.05, 4.69) is 259 Å². The second kappa shape index (κ2) is 14.6. The van der Waals surface area contributed by atoms with Crippen LogP contribution in [0.4, 0.5) is 34.1 Å². The summed E-state index contributed by atoms with van der Waals surface area (Å²) in [5.74, 6) is 0. The molecule has 12 aromatic rings. The summed E-state index contributed by atoms with van der Waals surface area (Å²) in [4.78, 5) is 5.06. The number of rotatable bonds is 3. The van der Waals surface area contributed by atoms with E-state index in [1.807, 2.05) is 0 Å². The van der Waals surface area contributed by atoms with Crippen molar-refractivity contribution in [1.82, 2.24) is 0 Å². The second-order valence-electron chi connectivity index (χ2n) is 24.1. The van der Waals surface area contributed by atoms with Crippen LogP contribution in [0.25, 0.3) is 77.3 Å². The van der Waals surface area contributed by atoms with Crippen molar-refractivity contribution in [2.75, 3.05) is 9.80 Å². The van der Waals surface area contributed by atoms with Crippen LogP contribution in [0.1, 0.15) is 99.9 Å². The summed E-state index contributed by atoms with van der Waals surface area (Å²) in [6, 6.07) is 72.6. The summed E-state index contributed by atoms with van der Waals surface area (Å²) in [6.07, 6.45) is 0. The summed E-state index contributed by atoms with van der Waals surface area (Å²) in [7, 11) is 0. The van der Waals surface area contributed by atoms with Crippen molar-refractivity contribution in [3.05, 3.63) is 239 Å². The average molecular weight is 981 g/mol. The normalized spacial score (nSPS) is 16.5. The average Bonchev–Trinajstić information content (AvgIpc) is 4.07. The first-order valence-electron chi connectivity index (χ1n) is 27.0. The van der Waals surface area contributed by atoms with Crippen LogP contribution in [0.15, 0.2) is 203 Å². The van der Waals surface area contributed by atoms with Gasteiger partial charge < -0.3 is 18.6 Å². The first kappa shape index (κ1) is 43.8. The molecule has 0 aliphatic carbocycles. The van der Waals surface area contributed by atoms with E-state index in [1.54, 1.807) is 0 Å². The molecule has 16 rings (SSSR count). The third kappa shape index (κ3) is 5.63. The lowest BCUT2D eigenvalue weighted by Crippen LogP contribution is -2.38. The van der Waals surface area contributed by atoms with Crippen LogP contribution in [-0.2, 0) is 21.7 Å². The molecule has 0 spiro atoms. The lowest BCUT2D eigenvalue weighted by atomic mass is 9.65. The zero-order valence-electron chi connectivity index (χ0n) is 44.2. The number of para-hydroxylation sites is 4. The Labute approximate surface area is 443 Å². The molecular formula is C72H56N2O2. The van der Waals surface area contributed by atoms with Gasteiger partial charge in [0.2, 0.25) is 0 Å². The Hall–Kier alpha value is -8.60. The lowest BCUT2D eigenvalue weighted by Gasteiger charge is -2.49. The van der Waals surface area contributed by atoms with Crippen LogP contribution < -0.4 is 9.80 Å². The second-order valence-corrected chi connectivity index (χ2v) is 24.1. The van der Waals surface area contributed by atoms with Crippen LogP contribution in [-0.4, -0.2) is 0 Å². The summed E-state index contributed by atoms with van der Waals surface area (Å²) in [6.45, 7) is 19.1. The Bertz CT molecular complexity index is 4100. The van der Waals surface area contributed by atoms with Crippen molar-refractivity contribution in [1.29, 1.82) is 0 Å². The van der Waals surface area contributed by atoms with Gasteiger partial charge in [0, 0.05) is 43.2 Å². The molecule has 0 radical (unpaired) electrons. The molecule has 0 unspecified atom stereocenters. The smallest absolute Gasteiger partial charge is 0.135 e. The van der Waals surface area contributed by atoms with E-state index >= 15 is 0 Å². The van der Waals surface area contributed by atoms with E-state index in [0.29, 0.717) is 0 Å². The van der Waals surface area contributed by atoms with Crippen molar-refractivity contribution in [2.24, 2.45) is 0 Å². The fourth-order valence-corrected chi connectivity index (χ4v) is 14.4. The van der Waals surface area contributed by atoms with Gasteiger partial charge in [0.05, 0.1) is 34.1 Å². The highest BCUT2D eigenvalue weighted by Gasteiger charge is 2.47. The third-order valence-electron chi connectivity index (χ3n) is 18.6. The Morgan fingerprint density at radius 3 is 0.750 bits per heavy atom. The fraction of sp³-hybridized carbons (Fsp3) is 0.167. The van der Waals surface area contributed by atoms with Crippen molar-refractivity contribution in [3.63, 3.8) is 0 Å². The summed E-state index contributed by atoms with van der Waals surface area (Å²) < 4.78 is 13.2. The van der Waals surface area contributed by atoms with Gasteiger partial charge in [0.25, 0.3) is 0 Å². The molecule has 76 heavy (non-hydrogen) atoms. The van der Waals surface area contributed by atoms with Gasteiger partial charge in [0.15, 0.2) is 0 Å². The molecule has 4 aliphatic rings.